The molecule has 1 saturated carbocycles. The van der Waals surface area contributed by atoms with Gasteiger partial charge in [-0.3, -0.25) is 9.59 Å². The molecule has 2 aromatic rings. The fourth-order valence-electron chi connectivity index (χ4n) is 3.43. The van der Waals surface area contributed by atoms with Gasteiger partial charge in [-0.25, -0.2) is 0 Å². The summed E-state index contributed by atoms with van der Waals surface area (Å²) in [5, 5.41) is 6.01. The van der Waals surface area contributed by atoms with E-state index in [4.69, 9.17) is 5.73 Å². The van der Waals surface area contributed by atoms with Gasteiger partial charge in [0.2, 0.25) is 0 Å². The van der Waals surface area contributed by atoms with Crippen molar-refractivity contribution in [3.05, 3.63) is 65.2 Å². The summed E-state index contributed by atoms with van der Waals surface area (Å²) in [6, 6.07) is 14.4. The second-order valence-electron chi connectivity index (χ2n) is 7.00. The van der Waals surface area contributed by atoms with E-state index in [9.17, 15) is 9.59 Å². The monoisotopic (exact) mass is 387 g/mol. The minimum atomic E-state index is -0.296. The van der Waals surface area contributed by atoms with E-state index in [-0.39, 0.29) is 29.8 Å². The quantitative estimate of drug-likeness (QED) is 0.731. The highest BCUT2D eigenvalue weighted by Crippen LogP contribution is 2.29. The Kier molecular flexibility index (Phi) is 6.99. The van der Waals surface area contributed by atoms with Gasteiger partial charge in [0.05, 0.1) is 5.54 Å². The zero-order valence-corrected chi connectivity index (χ0v) is 16.3. The van der Waals surface area contributed by atoms with Crippen molar-refractivity contribution < 1.29 is 9.59 Å². The zero-order valence-electron chi connectivity index (χ0n) is 15.5. The van der Waals surface area contributed by atoms with Gasteiger partial charge in [0.15, 0.2) is 0 Å². The Morgan fingerprint density at radius 1 is 1.00 bits per heavy atom. The predicted molar refractivity (Wildman–Crippen MR) is 111 cm³/mol. The first-order valence-corrected chi connectivity index (χ1v) is 9.03. The summed E-state index contributed by atoms with van der Waals surface area (Å²) in [6.45, 7) is 2.35. The van der Waals surface area contributed by atoms with Gasteiger partial charge < -0.3 is 16.4 Å². The molecule has 0 bridgehead atoms. The number of amides is 2. The van der Waals surface area contributed by atoms with Gasteiger partial charge in [-0.05, 0) is 49.6 Å². The van der Waals surface area contributed by atoms with Crippen molar-refractivity contribution in [3.63, 3.8) is 0 Å². The first-order valence-electron chi connectivity index (χ1n) is 9.03. The molecule has 0 saturated heterocycles. The summed E-state index contributed by atoms with van der Waals surface area (Å²) >= 11 is 0. The van der Waals surface area contributed by atoms with Crippen molar-refractivity contribution in [1.29, 1.82) is 0 Å². The molecule has 1 aliphatic carbocycles. The molecule has 2 amide bonds. The lowest BCUT2D eigenvalue weighted by Crippen LogP contribution is -2.51. The van der Waals surface area contributed by atoms with E-state index in [1.165, 1.54) is 0 Å². The summed E-state index contributed by atoms with van der Waals surface area (Å²) in [5.41, 5.74) is 8.26. The molecule has 4 N–H and O–H groups in total. The first-order chi connectivity index (χ1) is 12.5. The van der Waals surface area contributed by atoms with Crippen LogP contribution in [0, 0.1) is 6.92 Å². The second kappa shape index (κ2) is 9.02. The average molecular weight is 388 g/mol. The number of benzene rings is 2. The van der Waals surface area contributed by atoms with E-state index >= 15 is 0 Å². The smallest absolute Gasteiger partial charge is 0.255 e. The molecule has 0 unspecified atom stereocenters. The molecule has 0 aliphatic heterocycles. The van der Waals surface area contributed by atoms with Gasteiger partial charge in [0, 0.05) is 23.4 Å². The Labute approximate surface area is 166 Å². The van der Waals surface area contributed by atoms with Crippen LogP contribution in [0.3, 0.4) is 0 Å². The minimum Gasteiger partial charge on any atom is -0.345 e. The molecule has 0 radical (unpaired) electrons. The SMILES string of the molecule is Cc1ccc(C(=O)NC2(CN)CCCC2)cc1NC(=O)c1ccccc1.Cl. The van der Waals surface area contributed by atoms with Crippen LogP contribution in [-0.2, 0) is 0 Å². The maximum Gasteiger partial charge on any atom is 0.255 e. The average Bonchev–Trinajstić information content (AvgIpc) is 3.13. The lowest BCUT2D eigenvalue weighted by Gasteiger charge is -2.28. The number of hydrogen-bond acceptors (Lipinski definition) is 3. The maximum absolute atomic E-state index is 12.7. The van der Waals surface area contributed by atoms with E-state index in [1.54, 1.807) is 24.3 Å². The number of carbonyl (C=O) groups excluding carboxylic acids is 2. The molecular weight excluding hydrogens is 362 g/mol. The zero-order chi connectivity index (χ0) is 18.6. The summed E-state index contributed by atoms with van der Waals surface area (Å²) in [5.74, 6) is -0.340. The third-order valence-corrected chi connectivity index (χ3v) is 5.11. The third-order valence-electron chi connectivity index (χ3n) is 5.11. The summed E-state index contributed by atoms with van der Waals surface area (Å²) in [6.07, 6.45) is 4.00. The molecule has 6 heteroatoms. The molecular formula is C21H26ClN3O2. The fourth-order valence-corrected chi connectivity index (χ4v) is 3.43. The van der Waals surface area contributed by atoms with Crippen LogP contribution < -0.4 is 16.4 Å². The van der Waals surface area contributed by atoms with Gasteiger partial charge in [-0.2, -0.15) is 0 Å². The number of hydrogen-bond donors (Lipinski definition) is 3. The highest BCUT2D eigenvalue weighted by molar-refractivity contribution is 6.05. The van der Waals surface area contributed by atoms with E-state index in [2.05, 4.69) is 10.6 Å². The van der Waals surface area contributed by atoms with Gasteiger partial charge in [0.1, 0.15) is 0 Å². The maximum atomic E-state index is 12.7. The largest absolute Gasteiger partial charge is 0.345 e. The lowest BCUT2D eigenvalue weighted by atomic mass is 9.97. The van der Waals surface area contributed by atoms with E-state index in [1.807, 2.05) is 31.2 Å². The van der Waals surface area contributed by atoms with Crippen molar-refractivity contribution in [1.82, 2.24) is 5.32 Å². The molecule has 27 heavy (non-hydrogen) atoms. The van der Waals surface area contributed by atoms with E-state index in [0.717, 1.165) is 31.2 Å². The van der Waals surface area contributed by atoms with Gasteiger partial charge in [-0.15, -0.1) is 12.4 Å². The Hall–Kier alpha value is -2.37. The summed E-state index contributed by atoms with van der Waals surface area (Å²) in [7, 11) is 0. The summed E-state index contributed by atoms with van der Waals surface area (Å²) < 4.78 is 0. The Bertz CT molecular complexity index is 802. The third kappa shape index (κ3) is 4.87. The summed E-state index contributed by atoms with van der Waals surface area (Å²) in [4.78, 5) is 25.1. The van der Waals surface area contributed by atoms with Crippen molar-refractivity contribution in [3.8, 4) is 0 Å². The van der Waals surface area contributed by atoms with Crippen LogP contribution in [0.1, 0.15) is 52.0 Å². The van der Waals surface area contributed by atoms with Crippen LogP contribution in [0.2, 0.25) is 0 Å². The van der Waals surface area contributed by atoms with Crippen LogP contribution in [0.15, 0.2) is 48.5 Å². The Morgan fingerprint density at radius 3 is 2.30 bits per heavy atom. The normalized spacial score (nSPS) is 14.9. The number of halogens is 1. The van der Waals surface area contributed by atoms with Crippen LogP contribution in [0.25, 0.3) is 0 Å². The van der Waals surface area contributed by atoms with E-state index in [0.29, 0.717) is 23.4 Å². The number of nitrogens with one attached hydrogen (secondary N) is 2. The molecule has 144 valence electrons. The van der Waals surface area contributed by atoms with Gasteiger partial charge in [0.25, 0.3) is 11.8 Å². The molecule has 0 atom stereocenters. The molecule has 1 aliphatic rings. The molecule has 0 heterocycles. The molecule has 0 aromatic heterocycles. The topological polar surface area (TPSA) is 84.2 Å². The van der Waals surface area contributed by atoms with Gasteiger partial charge >= 0.3 is 0 Å². The fraction of sp³-hybridized carbons (Fsp3) is 0.333. The van der Waals surface area contributed by atoms with Crippen LogP contribution in [-0.4, -0.2) is 23.9 Å². The molecule has 5 nitrogen and oxygen atoms in total. The molecule has 1 fully saturated rings. The molecule has 2 aromatic carbocycles. The Balaban J connectivity index is 0.00000261. The van der Waals surface area contributed by atoms with Crippen LogP contribution in [0.5, 0.6) is 0 Å². The predicted octanol–water partition coefficient (Wildman–Crippen LogP) is 3.67. The lowest BCUT2D eigenvalue weighted by molar-refractivity contribution is 0.0902. The van der Waals surface area contributed by atoms with Crippen molar-refractivity contribution in [2.24, 2.45) is 5.73 Å². The van der Waals surface area contributed by atoms with Crippen molar-refractivity contribution in [2.45, 2.75) is 38.1 Å². The molecule has 3 rings (SSSR count). The van der Waals surface area contributed by atoms with Crippen LogP contribution in [0.4, 0.5) is 5.69 Å². The number of anilines is 1. The minimum absolute atomic E-state index is 0. The van der Waals surface area contributed by atoms with E-state index < -0.39 is 0 Å². The van der Waals surface area contributed by atoms with Crippen LogP contribution >= 0.6 is 12.4 Å². The number of nitrogens with two attached hydrogens (primary N) is 1. The number of rotatable bonds is 5. The Morgan fingerprint density at radius 2 is 1.67 bits per heavy atom. The standard InChI is InChI=1S/C21H25N3O2.ClH/c1-15-9-10-17(20(26)24-21(14-22)11-5-6-12-21)13-18(15)23-19(25)16-7-3-2-4-8-16;/h2-4,7-10,13H,5-6,11-12,14,22H2,1H3,(H,23,25)(H,24,26);1H. The second-order valence-corrected chi connectivity index (χ2v) is 7.00. The highest BCUT2D eigenvalue weighted by atomic mass is 35.5. The number of carbonyl (C=O) groups is 2. The number of aryl methyl sites for hydroxylation is 1. The van der Waals surface area contributed by atoms with Crippen molar-refractivity contribution >= 4 is 29.9 Å². The highest BCUT2D eigenvalue weighted by Gasteiger charge is 2.34. The van der Waals surface area contributed by atoms with Crippen molar-refractivity contribution in [2.75, 3.05) is 11.9 Å². The first kappa shape index (κ1) is 20.9. The van der Waals surface area contributed by atoms with Gasteiger partial charge in [-0.1, -0.05) is 37.1 Å². The molecule has 0 spiro atoms.